The van der Waals surface area contributed by atoms with E-state index in [-0.39, 0.29) is 17.4 Å². The van der Waals surface area contributed by atoms with Crippen LogP contribution in [0.3, 0.4) is 0 Å². The lowest BCUT2D eigenvalue weighted by Gasteiger charge is -2.13. The summed E-state index contributed by atoms with van der Waals surface area (Å²) in [5.74, 6) is -0.428. The molecule has 0 atom stereocenters. The number of carbonyl (C=O) groups is 1. The van der Waals surface area contributed by atoms with Crippen LogP contribution in [0.2, 0.25) is 0 Å². The fourth-order valence-corrected chi connectivity index (χ4v) is 4.49. The van der Waals surface area contributed by atoms with Gasteiger partial charge in [0.2, 0.25) is 0 Å². The Balaban J connectivity index is 1.91. The SMILES string of the molecule is CCOC(=O)c1c(NC(=S)Nc2ccc([N+](=O)[O-])cc2C)sc(C)c1-c1ccccc1. The number of esters is 1. The number of nitro benzene ring substituents is 1. The Morgan fingerprint density at radius 3 is 2.48 bits per heavy atom. The van der Waals surface area contributed by atoms with Crippen molar-refractivity contribution < 1.29 is 14.5 Å². The van der Waals surface area contributed by atoms with Crippen molar-refractivity contribution in [1.29, 1.82) is 0 Å². The molecule has 160 valence electrons. The van der Waals surface area contributed by atoms with Gasteiger partial charge in [0, 0.05) is 28.3 Å². The number of hydrogen-bond acceptors (Lipinski definition) is 6. The van der Waals surface area contributed by atoms with E-state index in [0.717, 1.165) is 16.0 Å². The van der Waals surface area contributed by atoms with E-state index in [1.165, 1.54) is 23.5 Å². The van der Waals surface area contributed by atoms with E-state index in [4.69, 9.17) is 17.0 Å². The molecule has 1 aromatic heterocycles. The summed E-state index contributed by atoms with van der Waals surface area (Å²) in [4.78, 5) is 24.2. The number of thiocarbonyl (C=S) groups is 1. The molecule has 0 saturated carbocycles. The van der Waals surface area contributed by atoms with Crippen molar-refractivity contribution in [3.63, 3.8) is 0 Å². The van der Waals surface area contributed by atoms with Gasteiger partial charge >= 0.3 is 5.97 Å². The predicted molar refractivity (Wildman–Crippen MR) is 128 cm³/mol. The highest BCUT2D eigenvalue weighted by molar-refractivity contribution is 7.80. The lowest BCUT2D eigenvalue weighted by Crippen LogP contribution is -2.20. The number of benzene rings is 2. The summed E-state index contributed by atoms with van der Waals surface area (Å²) in [6.45, 7) is 5.71. The number of nitrogens with zero attached hydrogens (tertiary/aromatic N) is 1. The number of aryl methyl sites for hydroxylation is 2. The topological polar surface area (TPSA) is 93.5 Å². The van der Waals surface area contributed by atoms with Crippen molar-refractivity contribution in [2.75, 3.05) is 17.2 Å². The molecule has 3 aromatic rings. The van der Waals surface area contributed by atoms with E-state index >= 15 is 0 Å². The third kappa shape index (κ3) is 5.07. The minimum Gasteiger partial charge on any atom is -0.462 e. The second-order valence-electron chi connectivity index (χ2n) is 6.66. The minimum absolute atomic E-state index is 0.00732. The van der Waals surface area contributed by atoms with Crippen molar-refractivity contribution in [2.24, 2.45) is 0 Å². The molecule has 31 heavy (non-hydrogen) atoms. The van der Waals surface area contributed by atoms with Gasteiger partial charge in [0.1, 0.15) is 10.6 Å². The molecule has 7 nitrogen and oxygen atoms in total. The molecule has 2 aromatic carbocycles. The molecule has 0 amide bonds. The summed E-state index contributed by atoms with van der Waals surface area (Å²) in [5.41, 5.74) is 3.47. The van der Waals surface area contributed by atoms with Crippen molar-refractivity contribution in [2.45, 2.75) is 20.8 Å². The van der Waals surface area contributed by atoms with E-state index in [1.54, 1.807) is 19.9 Å². The van der Waals surface area contributed by atoms with E-state index in [2.05, 4.69) is 10.6 Å². The van der Waals surface area contributed by atoms with Gasteiger partial charge in [-0.15, -0.1) is 11.3 Å². The quantitative estimate of drug-likeness (QED) is 0.206. The van der Waals surface area contributed by atoms with Gasteiger partial charge in [0.25, 0.3) is 5.69 Å². The second kappa shape index (κ2) is 9.67. The molecule has 0 aliphatic heterocycles. The first-order valence-corrected chi connectivity index (χ1v) is 10.7. The lowest BCUT2D eigenvalue weighted by molar-refractivity contribution is -0.384. The highest BCUT2D eigenvalue weighted by Crippen LogP contribution is 2.40. The number of non-ortho nitro benzene ring substituents is 1. The predicted octanol–water partition coefficient (Wildman–Crippen LogP) is 5.93. The number of anilines is 2. The maximum atomic E-state index is 12.8. The van der Waals surface area contributed by atoms with Crippen molar-refractivity contribution in [1.82, 2.24) is 0 Å². The number of ether oxygens (including phenoxy) is 1. The Morgan fingerprint density at radius 2 is 1.87 bits per heavy atom. The molecular weight excluding hydrogens is 434 g/mol. The van der Waals surface area contributed by atoms with Crippen LogP contribution in [-0.4, -0.2) is 22.6 Å². The maximum Gasteiger partial charge on any atom is 0.341 e. The van der Waals surface area contributed by atoms with Crippen molar-refractivity contribution in [3.8, 4) is 11.1 Å². The zero-order valence-electron chi connectivity index (χ0n) is 17.2. The summed E-state index contributed by atoms with van der Waals surface area (Å²) in [6, 6.07) is 14.1. The number of rotatable bonds is 6. The molecule has 0 bridgehead atoms. The van der Waals surface area contributed by atoms with Crippen LogP contribution < -0.4 is 10.6 Å². The Hall–Kier alpha value is -3.30. The number of thiophene rings is 1. The van der Waals surface area contributed by atoms with Crippen LogP contribution in [-0.2, 0) is 4.74 Å². The van der Waals surface area contributed by atoms with Crippen LogP contribution in [0.25, 0.3) is 11.1 Å². The van der Waals surface area contributed by atoms with Gasteiger partial charge in [-0.1, -0.05) is 30.3 Å². The molecule has 0 spiro atoms. The van der Waals surface area contributed by atoms with Gasteiger partial charge in [0.15, 0.2) is 5.11 Å². The summed E-state index contributed by atoms with van der Waals surface area (Å²) in [7, 11) is 0. The van der Waals surface area contributed by atoms with Gasteiger partial charge in [-0.25, -0.2) is 4.79 Å². The van der Waals surface area contributed by atoms with E-state index in [9.17, 15) is 14.9 Å². The number of nitro groups is 1. The molecule has 0 aliphatic rings. The zero-order chi connectivity index (χ0) is 22.5. The highest BCUT2D eigenvalue weighted by atomic mass is 32.1. The van der Waals surface area contributed by atoms with Crippen LogP contribution in [0.4, 0.5) is 16.4 Å². The van der Waals surface area contributed by atoms with Crippen LogP contribution in [0.15, 0.2) is 48.5 Å². The normalized spacial score (nSPS) is 10.4. The Morgan fingerprint density at radius 1 is 1.16 bits per heavy atom. The standard InChI is InChI=1S/C22H21N3O4S2/c1-4-29-21(26)19-18(15-8-6-5-7-9-15)14(3)31-20(19)24-22(30)23-17-11-10-16(25(27)28)12-13(17)2/h5-12H,4H2,1-3H3,(H2,23,24,30). The van der Waals surface area contributed by atoms with Gasteiger partial charge in [-0.3, -0.25) is 10.1 Å². The van der Waals surface area contributed by atoms with Gasteiger partial charge in [0.05, 0.1) is 11.5 Å². The summed E-state index contributed by atoms with van der Waals surface area (Å²) >= 11 is 6.85. The first-order chi connectivity index (χ1) is 14.8. The molecule has 0 fully saturated rings. The molecule has 0 aliphatic carbocycles. The smallest absolute Gasteiger partial charge is 0.341 e. The van der Waals surface area contributed by atoms with Gasteiger partial charge in [-0.05, 0) is 50.2 Å². The zero-order valence-corrected chi connectivity index (χ0v) is 18.9. The fraction of sp³-hybridized carbons (Fsp3) is 0.182. The summed E-state index contributed by atoms with van der Waals surface area (Å²) in [6.07, 6.45) is 0. The van der Waals surface area contributed by atoms with Crippen LogP contribution in [0, 0.1) is 24.0 Å². The molecule has 0 unspecified atom stereocenters. The fourth-order valence-electron chi connectivity index (χ4n) is 3.14. The van der Waals surface area contributed by atoms with Gasteiger partial charge < -0.3 is 15.4 Å². The summed E-state index contributed by atoms with van der Waals surface area (Å²) in [5, 5.41) is 17.9. The Labute approximate surface area is 189 Å². The highest BCUT2D eigenvalue weighted by Gasteiger charge is 2.25. The van der Waals surface area contributed by atoms with Crippen molar-refractivity contribution >= 4 is 51.0 Å². The number of hydrogen-bond donors (Lipinski definition) is 2. The third-order valence-electron chi connectivity index (χ3n) is 4.52. The maximum absolute atomic E-state index is 12.8. The van der Waals surface area contributed by atoms with E-state index in [0.29, 0.717) is 21.8 Å². The largest absolute Gasteiger partial charge is 0.462 e. The first-order valence-electron chi connectivity index (χ1n) is 9.50. The van der Waals surface area contributed by atoms with Crippen LogP contribution >= 0.6 is 23.6 Å². The van der Waals surface area contributed by atoms with Gasteiger partial charge in [-0.2, -0.15) is 0 Å². The minimum atomic E-state index is -0.446. The molecule has 0 radical (unpaired) electrons. The average molecular weight is 456 g/mol. The molecule has 3 rings (SSSR count). The Bertz CT molecular complexity index is 1140. The lowest BCUT2D eigenvalue weighted by atomic mass is 10.0. The molecule has 0 saturated heterocycles. The number of carbonyl (C=O) groups excluding carboxylic acids is 1. The molecule has 2 N–H and O–H groups in total. The van der Waals surface area contributed by atoms with Crippen molar-refractivity contribution in [3.05, 3.63) is 74.6 Å². The first kappa shape index (κ1) is 22.4. The molecule has 1 heterocycles. The van der Waals surface area contributed by atoms with Crippen LogP contribution in [0.1, 0.15) is 27.7 Å². The average Bonchev–Trinajstić information content (AvgIpc) is 3.05. The van der Waals surface area contributed by atoms with Crippen LogP contribution in [0.5, 0.6) is 0 Å². The third-order valence-corrected chi connectivity index (χ3v) is 5.75. The second-order valence-corrected chi connectivity index (χ2v) is 8.29. The van der Waals surface area contributed by atoms with E-state index < -0.39 is 10.9 Å². The monoisotopic (exact) mass is 455 g/mol. The Kier molecular flexibility index (Phi) is 6.98. The summed E-state index contributed by atoms with van der Waals surface area (Å²) < 4.78 is 5.30. The molecule has 9 heteroatoms. The number of nitrogens with one attached hydrogen (secondary N) is 2. The van der Waals surface area contributed by atoms with E-state index in [1.807, 2.05) is 37.3 Å². The molecular formula is C22H21N3O4S2.